The average Bonchev–Trinajstić information content (AvgIpc) is 2.42. The van der Waals surface area contributed by atoms with Crippen molar-refractivity contribution in [3.63, 3.8) is 0 Å². The second-order valence-corrected chi connectivity index (χ2v) is 4.82. The van der Waals surface area contributed by atoms with Crippen molar-refractivity contribution in [1.29, 1.82) is 0 Å². The number of benzene rings is 2. The van der Waals surface area contributed by atoms with Crippen LogP contribution in [0.25, 0.3) is 0 Å². The first-order valence-corrected chi connectivity index (χ1v) is 6.98. The monoisotopic (exact) mass is 238 g/mol. The molecule has 0 aliphatic heterocycles. The number of hydrogen-bond acceptors (Lipinski definition) is 0. The largest absolute Gasteiger partial charge is 0.0651 e. The maximum absolute atomic E-state index is 2.29. The summed E-state index contributed by atoms with van der Waals surface area (Å²) in [6.45, 7) is 4.51. The van der Waals surface area contributed by atoms with Gasteiger partial charge in [0.1, 0.15) is 0 Å². The van der Waals surface area contributed by atoms with Gasteiger partial charge in [0.25, 0.3) is 0 Å². The molecule has 0 saturated carbocycles. The van der Waals surface area contributed by atoms with Crippen molar-refractivity contribution in [3.05, 3.63) is 70.8 Å². The third kappa shape index (κ3) is 3.01. The molecule has 2 aromatic rings. The molecule has 0 spiro atoms. The lowest BCUT2D eigenvalue weighted by Gasteiger charge is -2.13. The van der Waals surface area contributed by atoms with Crippen molar-refractivity contribution >= 4 is 0 Å². The average molecular weight is 238 g/mol. The zero-order valence-corrected chi connectivity index (χ0v) is 11.4. The lowest BCUT2D eigenvalue weighted by atomic mass is 9.92. The molecule has 0 aliphatic rings. The van der Waals surface area contributed by atoms with Gasteiger partial charge in [-0.25, -0.2) is 0 Å². The molecule has 0 heteroatoms. The SMILES string of the molecule is CCCc1c(CC)cccc1Cc1ccccc1. The van der Waals surface area contributed by atoms with Gasteiger partial charge in [-0.2, -0.15) is 0 Å². The van der Waals surface area contributed by atoms with Gasteiger partial charge in [-0.15, -0.1) is 0 Å². The highest BCUT2D eigenvalue weighted by atomic mass is 14.1. The van der Waals surface area contributed by atoms with Gasteiger partial charge < -0.3 is 0 Å². The molecule has 0 saturated heterocycles. The van der Waals surface area contributed by atoms with Crippen LogP contribution in [-0.4, -0.2) is 0 Å². The molecular weight excluding hydrogens is 216 g/mol. The van der Waals surface area contributed by atoms with Crippen LogP contribution < -0.4 is 0 Å². The van der Waals surface area contributed by atoms with E-state index in [1.807, 2.05) is 0 Å². The second kappa shape index (κ2) is 6.39. The van der Waals surface area contributed by atoms with E-state index in [0.29, 0.717) is 0 Å². The Kier molecular flexibility index (Phi) is 4.58. The Balaban J connectivity index is 2.32. The molecule has 94 valence electrons. The maximum Gasteiger partial charge on any atom is -0.00229 e. The van der Waals surface area contributed by atoms with Crippen LogP contribution in [0.1, 0.15) is 42.5 Å². The van der Waals surface area contributed by atoms with Gasteiger partial charge in [0.2, 0.25) is 0 Å². The van der Waals surface area contributed by atoms with Crippen LogP contribution in [0.3, 0.4) is 0 Å². The molecule has 2 rings (SSSR count). The van der Waals surface area contributed by atoms with Crippen molar-refractivity contribution in [3.8, 4) is 0 Å². The zero-order chi connectivity index (χ0) is 12.8. The van der Waals surface area contributed by atoms with E-state index in [4.69, 9.17) is 0 Å². The van der Waals surface area contributed by atoms with E-state index < -0.39 is 0 Å². The fourth-order valence-electron chi connectivity index (χ4n) is 2.57. The molecule has 0 fully saturated rings. The molecule has 0 atom stereocenters. The normalized spacial score (nSPS) is 10.6. The highest BCUT2D eigenvalue weighted by molar-refractivity contribution is 5.38. The predicted octanol–water partition coefficient (Wildman–Crippen LogP) is 4.79. The highest BCUT2D eigenvalue weighted by Crippen LogP contribution is 2.20. The quantitative estimate of drug-likeness (QED) is 0.702. The molecule has 0 amide bonds. The third-order valence-corrected chi connectivity index (χ3v) is 3.49. The Labute approximate surface area is 111 Å². The van der Waals surface area contributed by atoms with Crippen LogP contribution in [0.15, 0.2) is 48.5 Å². The maximum atomic E-state index is 2.29. The van der Waals surface area contributed by atoms with E-state index in [0.717, 1.165) is 12.8 Å². The molecule has 0 nitrogen and oxygen atoms in total. The van der Waals surface area contributed by atoms with Crippen molar-refractivity contribution in [2.75, 3.05) is 0 Å². The summed E-state index contributed by atoms with van der Waals surface area (Å²) in [5.41, 5.74) is 6.00. The summed E-state index contributed by atoms with van der Waals surface area (Å²) in [6.07, 6.45) is 4.62. The minimum absolute atomic E-state index is 1.06. The van der Waals surface area contributed by atoms with E-state index in [1.165, 1.54) is 29.5 Å². The van der Waals surface area contributed by atoms with Gasteiger partial charge in [-0.05, 0) is 41.5 Å². The Bertz CT molecular complexity index is 483. The summed E-state index contributed by atoms with van der Waals surface area (Å²) in [6, 6.07) is 17.5. The van der Waals surface area contributed by atoms with Gasteiger partial charge in [-0.3, -0.25) is 0 Å². The summed E-state index contributed by atoms with van der Waals surface area (Å²) in [5.74, 6) is 0. The molecule has 0 heterocycles. The van der Waals surface area contributed by atoms with Crippen LogP contribution >= 0.6 is 0 Å². The Hall–Kier alpha value is -1.56. The second-order valence-electron chi connectivity index (χ2n) is 4.82. The Morgan fingerprint density at radius 2 is 1.50 bits per heavy atom. The minimum Gasteiger partial charge on any atom is -0.0651 e. The predicted molar refractivity (Wildman–Crippen MR) is 79.1 cm³/mol. The van der Waals surface area contributed by atoms with Crippen LogP contribution in [-0.2, 0) is 19.3 Å². The number of rotatable bonds is 5. The van der Waals surface area contributed by atoms with Gasteiger partial charge >= 0.3 is 0 Å². The van der Waals surface area contributed by atoms with E-state index in [-0.39, 0.29) is 0 Å². The lowest BCUT2D eigenvalue weighted by molar-refractivity contribution is 0.881. The molecule has 18 heavy (non-hydrogen) atoms. The number of hydrogen-bond donors (Lipinski definition) is 0. The van der Waals surface area contributed by atoms with E-state index in [1.54, 1.807) is 5.56 Å². The first kappa shape index (κ1) is 12.9. The van der Waals surface area contributed by atoms with Crippen molar-refractivity contribution in [2.24, 2.45) is 0 Å². The van der Waals surface area contributed by atoms with Crippen molar-refractivity contribution < 1.29 is 0 Å². The van der Waals surface area contributed by atoms with Crippen LogP contribution in [0.5, 0.6) is 0 Å². The molecule has 0 bridgehead atoms. The highest BCUT2D eigenvalue weighted by Gasteiger charge is 2.06. The topological polar surface area (TPSA) is 0 Å². The lowest BCUT2D eigenvalue weighted by Crippen LogP contribution is -2.00. The van der Waals surface area contributed by atoms with E-state index >= 15 is 0 Å². The molecule has 0 aliphatic carbocycles. The molecular formula is C18H22. The Morgan fingerprint density at radius 1 is 0.778 bits per heavy atom. The molecule has 0 radical (unpaired) electrons. The summed E-state index contributed by atoms with van der Waals surface area (Å²) in [5, 5.41) is 0. The smallest absolute Gasteiger partial charge is 0.00229 e. The third-order valence-electron chi connectivity index (χ3n) is 3.49. The van der Waals surface area contributed by atoms with Crippen molar-refractivity contribution in [2.45, 2.75) is 39.5 Å². The molecule has 0 unspecified atom stereocenters. The molecule has 0 aromatic heterocycles. The van der Waals surface area contributed by atoms with E-state index in [2.05, 4.69) is 62.4 Å². The van der Waals surface area contributed by atoms with Crippen LogP contribution in [0.2, 0.25) is 0 Å². The van der Waals surface area contributed by atoms with Gasteiger partial charge in [0.15, 0.2) is 0 Å². The number of aryl methyl sites for hydroxylation is 1. The van der Waals surface area contributed by atoms with Gasteiger partial charge in [0, 0.05) is 0 Å². The first-order chi connectivity index (χ1) is 8.85. The zero-order valence-electron chi connectivity index (χ0n) is 11.4. The van der Waals surface area contributed by atoms with Gasteiger partial charge in [-0.1, -0.05) is 68.8 Å². The molecule has 2 aromatic carbocycles. The summed E-state index contributed by atoms with van der Waals surface area (Å²) < 4.78 is 0. The van der Waals surface area contributed by atoms with Crippen molar-refractivity contribution in [1.82, 2.24) is 0 Å². The molecule has 0 N–H and O–H groups in total. The standard InChI is InChI=1S/C18H22/c1-3-9-18-16(4-2)12-8-13-17(18)14-15-10-6-5-7-11-15/h5-8,10-13H,3-4,9,14H2,1-2H3. The summed E-state index contributed by atoms with van der Waals surface area (Å²) in [7, 11) is 0. The van der Waals surface area contributed by atoms with Crippen LogP contribution in [0.4, 0.5) is 0 Å². The minimum atomic E-state index is 1.06. The summed E-state index contributed by atoms with van der Waals surface area (Å²) >= 11 is 0. The van der Waals surface area contributed by atoms with E-state index in [9.17, 15) is 0 Å². The fraction of sp³-hybridized carbons (Fsp3) is 0.333. The Morgan fingerprint density at radius 3 is 2.17 bits per heavy atom. The first-order valence-electron chi connectivity index (χ1n) is 6.98. The van der Waals surface area contributed by atoms with Gasteiger partial charge in [0.05, 0.1) is 0 Å². The summed E-state index contributed by atoms with van der Waals surface area (Å²) in [4.78, 5) is 0. The van der Waals surface area contributed by atoms with Crippen LogP contribution in [0, 0.1) is 0 Å². The fourth-order valence-corrected chi connectivity index (χ4v) is 2.57.